The van der Waals surface area contributed by atoms with E-state index in [9.17, 15) is 9.59 Å². The average molecular weight is 361 g/mol. The van der Waals surface area contributed by atoms with Crippen molar-refractivity contribution in [3.63, 3.8) is 0 Å². The predicted molar refractivity (Wildman–Crippen MR) is 104 cm³/mol. The lowest BCUT2D eigenvalue weighted by Crippen LogP contribution is -2.49. The van der Waals surface area contributed by atoms with Crippen LogP contribution in [-0.2, 0) is 4.79 Å². The Balaban J connectivity index is 1.68. The van der Waals surface area contributed by atoms with Crippen LogP contribution in [0.2, 0.25) is 0 Å². The molecule has 0 saturated carbocycles. The van der Waals surface area contributed by atoms with E-state index in [0.29, 0.717) is 30.6 Å². The van der Waals surface area contributed by atoms with E-state index in [-0.39, 0.29) is 17.9 Å². The molecule has 2 amide bonds. The molecule has 0 unspecified atom stereocenters. The van der Waals surface area contributed by atoms with Gasteiger partial charge in [-0.05, 0) is 49.2 Å². The van der Waals surface area contributed by atoms with E-state index < -0.39 is 0 Å². The van der Waals surface area contributed by atoms with Gasteiger partial charge in [0.15, 0.2) is 0 Å². The highest BCUT2D eigenvalue weighted by atomic mass is 16.2. The summed E-state index contributed by atoms with van der Waals surface area (Å²) in [5, 5.41) is 8.88. The Bertz CT molecular complexity index is 832. The fraction of sp³-hybridized carbons (Fsp3) is 0.318. The van der Waals surface area contributed by atoms with E-state index in [1.165, 1.54) is 0 Å². The van der Waals surface area contributed by atoms with E-state index in [2.05, 4.69) is 6.07 Å². The first-order chi connectivity index (χ1) is 13.1. The Morgan fingerprint density at radius 2 is 1.70 bits per heavy atom. The smallest absolute Gasteiger partial charge is 0.253 e. The number of likely N-dealkylation sites (tertiary alicyclic amines) is 1. The molecule has 0 atom stereocenters. The van der Waals surface area contributed by atoms with Gasteiger partial charge in [-0.2, -0.15) is 5.26 Å². The second-order valence-corrected chi connectivity index (χ2v) is 6.67. The van der Waals surface area contributed by atoms with Crippen LogP contribution in [0, 0.1) is 11.3 Å². The van der Waals surface area contributed by atoms with Crippen molar-refractivity contribution < 1.29 is 9.59 Å². The molecule has 2 aromatic carbocycles. The number of carbonyl (C=O) groups excluding carboxylic acids is 2. The number of nitrogens with zero attached hydrogens (tertiary/aromatic N) is 3. The summed E-state index contributed by atoms with van der Waals surface area (Å²) in [6.45, 7) is 3.11. The van der Waals surface area contributed by atoms with Crippen molar-refractivity contribution in [2.24, 2.45) is 0 Å². The van der Waals surface area contributed by atoms with Crippen LogP contribution in [0.4, 0.5) is 5.69 Å². The van der Waals surface area contributed by atoms with Crippen LogP contribution >= 0.6 is 0 Å². The molecule has 0 radical (unpaired) electrons. The summed E-state index contributed by atoms with van der Waals surface area (Å²) in [4.78, 5) is 28.9. The number of benzene rings is 2. The molecule has 27 heavy (non-hydrogen) atoms. The first kappa shape index (κ1) is 18.7. The highest BCUT2D eigenvalue weighted by Crippen LogP contribution is 2.25. The summed E-state index contributed by atoms with van der Waals surface area (Å²) in [6.07, 6.45) is 1.96. The lowest BCUT2D eigenvalue weighted by molar-refractivity contribution is -0.119. The molecule has 5 nitrogen and oxygen atoms in total. The van der Waals surface area contributed by atoms with Gasteiger partial charge in [-0.15, -0.1) is 0 Å². The highest BCUT2D eigenvalue weighted by Gasteiger charge is 2.30. The molecule has 138 valence electrons. The second kappa shape index (κ2) is 8.50. The second-order valence-electron chi connectivity index (χ2n) is 6.67. The molecular formula is C22H23N3O2. The standard InChI is InChI=1S/C22H23N3O2/c1-2-21(26)25(19-6-4-3-5-7-19)20-12-14-24(15-13-20)22(27)18-10-8-17(16-23)9-11-18/h3-11,20H,2,12-15H2,1H3. The van der Waals surface area contributed by atoms with Gasteiger partial charge in [-0.1, -0.05) is 25.1 Å². The predicted octanol–water partition coefficient (Wildman–Crippen LogP) is 3.61. The Hall–Kier alpha value is -3.13. The van der Waals surface area contributed by atoms with Crippen molar-refractivity contribution in [2.45, 2.75) is 32.2 Å². The van der Waals surface area contributed by atoms with E-state index in [0.717, 1.165) is 18.5 Å². The molecule has 0 spiro atoms. The van der Waals surface area contributed by atoms with Crippen LogP contribution in [0.3, 0.4) is 0 Å². The minimum absolute atomic E-state index is 0.0222. The molecule has 1 fully saturated rings. The molecule has 1 heterocycles. The van der Waals surface area contributed by atoms with Crippen molar-refractivity contribution in [3.05, 3.63) is 65.7 Å². The lowest BCUT2D eigenvalue weighted by atomic mass is 10.0. The zero-order valence-corrected chi connectivity index (χ0v) is 15.5. The van der Waals surface area contributed by atoms with Crippen molar-refractivity contribution in [1.82, 2.24) is 4.90 Å². The van der Waals surface area contributed by atoms with E-state index in [1.807, 2.05) is 47.1 Å². The molecule has 3 rings (SSSR count). The molecule has 5 heteroatoms. The Kier molecular flexibility index (Phi) is 5.87. The molecule has 1 aliphatic heterocycles. The number of anilines is 1. The zero-order valence-electron chi connectivity index (χ0n) is 15.5. The van der Waals surface area contributed by atoms with Crippen LogP contribution in [-0.4, -0.2) is 35.8 Å². The van der Waals surface area contributed by atoms with E-state index in [4.69, 9.17) is 5.26 Å². The normalized spacial score (nSPS) is 14.4. The molecule has 1 aliphatic rings. The molecule has 0 aromatic heterocycles. The maximum Gasteiger partial charge on any atom is 0.253 e. The summed E-state index contributed by atoms with van der Waals surface area (Å²) in [6, 6.07) is 18.6. The topological polar surface area (TPSA) is 64.4 Å². The zero-order chi connectivity index (χ0) is 19.2. The SMILES string of the molecule is CCC(=O)N(c1ccccc1)C1CCN(C(=O)c2ccc(C#N)cc2)CC1. The van der Waals surface area contributed by atoms with Crippen molar-refractivity contribution in [2.75, 3.05) is 18.0 Å². The highest BCUT2D eigenvalue weighted by molar-refractivity contribution is 5.95. The van der Waals surface area contributed by atoms with Gasteiger partial charge in [0.25, 0.3) is 5.91 Å². The van der Waals surface area contributed by atoms with Crippen LogP contribution < -0.4 is 4.90 Å². The van der Waals surface area contributed by atoms with Gasteiger partial charge < -0.3 is 9.80 Å². The molecule has 1 saturated heterocycles. The Morgan fingerprint density at radius 3 is 2.26 bits per heavy atom. The maximum atomic E-state index is 12.7. The Morgan fingerprint density at radius 1 is 1.07 bits per heavy atom. The van der Waals surface area contributed by atoms with Gasteiger partial charge in [-0.25, -0.2) is 0 Å². The minimum Gasteiger partial charge on any atom is -0.338 e. The molecule has 0 bridgehead atoms. The number of amides is 2. The summed E-state index contributed by atoms with van der Waals surface area (Å²) in [5.74, 6) is 0.0871. The molecule has 2 aromatic rings. The number of rotatable bonds is 4. The molecular weight excluding hydrogens is 338 g/mol. The average Bonchev–Trinajstić information content (AvgIpc) is 2.74. The van der Waals surface area contributed by atoms with Gasteiger partial charge in [-0.3, -0.25) is 9.59 Å². The number of piperidine rings is 1. The number of carbonyl (C=O) groups is 2. The third-order valence-corrected chi connectivity index (χ3v) is 4.98. The number of hydrogen-bond donors (Lipinski definition) is 0. The first-order valence-corrected chi connectivity index (χ1v) is 9.30. The van der Waals surface area contributed by atoms with Crippen LogP contribution in [0.1, 0.15) is 42.1 Å². The van der Waals surface area contributed by atoms with Crippen molar-refractivity contribution in [1.29, 1.82) is 5.26 Å². The van der Waals surface area contributed by atoms with Crippen LogP contribution in [0.25, 0.3) is 0 Å². The summed E-state index contributed by atoms with van der Waals surface area (Å²) < 4.78 is 0. The van der Waals surface area contributed by atoms with Gasteiger partial charge in [0.2, 0.25) is 5.91 Å². The summed E-state index contributed by atoms with van der Waals surface area (Å²) in [7, 11) is 0. The van der Waals surface area contributed by atoms with Crippen LogP contribution in [0.15, 0.2) is 54.6 Å². The summed E-state index contributed by atoms with van der Waals surface area (Å²) >= 11 is 0. The van der Waals surface area contributed by atoms with Gasteiger partial charge in [0.1, 0.15) is 0 Å². The fourth-order valence-electron chi connectivity index (χ4n) is 3.51. The molecule has 0 aliphatic carbocycles. The third-order valence-electron chi connectivity index (χ3n) is 4.98. The van der Waals surface area contributed by atoms with E-state index >= 15 is 0 Å². The number of hydrogen-bond acceptors (Lipinski definition) is 3. The van der Waals surface area contributed by atoms with E-state index in [1.54, 1.807) is 24.3 Å². The maximum absolute atomic E-state index is 12.7. The summed E-state index contributed by atoms with van der Waals surface area (Å²) in [5.41, 5.74) is 2.06. The van der Waals surface area contributed by atoms with Gasteiger partial charge in [0, 0.05) is 36.8 Å². The van der Waals surface area contributed by atoms with Gasteiger partial charge >= 0.3 is 0 Å². The van der Waals surface area contributed by atoms with Crippen molar-refractivity contribution in [3.8, 4) is 6.07 Å². The fourth-order valence-corrected chi connectivity index (χ4v) is 3.51. The number of nitriles is 1. The first-order valence-electron chi connectivity index (χ1n) is 9.30. The Labute approximate surface area is 159 Å². The largest absolute Gasteiger partial charge is 0.338 e. The molecule has 0 N–H and O–H groups in total. The quantitative estimate of drug-likeness (QED) is 0.836. The van der Waals surface area contributed by atoms with Gasteiger partial charge in [0.05, 0.1) is 11.6 Å². The lowest BCUT2D eigenvalue weighted by Gasteiger charge is -2.38. The van der Waals surface area contributed by atoms with Crippen molar-refractivity contribution >= 4 is 17.5 Å². The monoisotopic (exact) mass is 361 g/mol. The third kappa shape index (κ3) is 4.17. The number of para-hydroxylation sites is 1. The van der Waals surface area contributed by atoms with Crippen LogP contribution in [0.5, 0.6) is 0 Å². The minimum atomic E-state index is -0.0222.